The first-order valence-electron chi connectivity index (χ1n) is 11.3. The predicted molar refractivity (Wildman–Crippen MR) is 122 cm³/mol. The van der Waals surface area contributed by atoms with Gasteiger partial charge in [-0.1, -0.05) is 43.3 Å². The van der Waals surface area contributed by atoms with Crippen LogP contribution in [-0.4, -0.2) is 60.5 Å². The van der Waals surface area contributed by atoms with Crippen LogP contribution in [0.1, 0.15) is 43.2 Å². The maximum Gasteiger partial charge on any atom is 0.248 e. The molecule has 1 aliphatic heterocycles. The number of aliphatic hydroxyl groups excluding tert-OH is 2. The molecule has 1 amide bonds. The molecule has 32 heavy (non-hydrogen) atoms. The summed E-state index contributed by atoms with van der Waals surface area (Å²) in [5.74, 6) is 1.98. The normalized spacial score (nSPS) is 27.8. The van der Waals surface area contributed by atoms with E-state index in [1.54, 1.807) is 18.9 Å². The Morgan fingerprint density at radius 1 is 1.19 bits per heavy atom. The van der Waals surface area contributed by atoms with Gasteiger partial charge in [0, 0.05) is 30.3 Å². The van der Waals surface area contributed by atoms with Crippen molar-refractivity contribution in [3.8, 4) is 11.5 Å². The van der Waals surface area contributed by atoms with Crippen molar-refractivity contribution in [2.75, 3.05) is 33.4 Å². The number of aliphatic hydroxyl groups is 2. The van der Waals surface area contributed by atoms with Crippen LogP contribution in [0.2, 0.25) is 0 Å². The van der Waals surface area contributed by atoms with Crippen LogP contribution >= 0.6 is 0 Å². The molecule has 6 nitrogen and oxygen atoms in total. The van der Waals surface area contributed by atoms with E-state index < -0.39 is 18.1 Å². The fourth-order valence-electron chi connectivity index (χ4n) is 4.97. The summed E-state index contributed by atoms with van der Waals surface area (Å²) >= 11 is 0. The molecule has 0 spiro atoms. The van der Waals surface area contributed by atoms with Gasteiger partial charge in [-0.25, -0.2) is 0 Å². The second-order valence-corrected chi connectivity index (χ2v) is 9.40. The zero-order valence-electron chi connectivity index (χ0n) is 19.0. The molecule has 2 aliphatic rings. The lowest BCUT2D eigenvalue weighted by Gasteiger charge is -2.33. The number of benzene rings is 2. The molecule has 1 saturated heterocycles. The number of nitrogens with zero attached hydrogens (tertiary/aromatic N) is 1. The van der Waals surface area contributed by atoms with Gasteiger partial charge in [0.05, 0.1) is 19.8 Å². The summed E-state index contributed by atoms with van der Waals surface area (Å²) in [6, 6.07) is 16.4. The van der Waals surface area contributed by atoms with E-state index in [4.69, 9.17) is 9.47 Å². The van der Waals surface area contributed by atoms with Crippen LogP contribution in [0.4, 0.5) is 0 Å². The van der Waals surface area contributed by atoms with Crippen LogP contribution in [0.15, 0.2) is 48.5 Å². The highest BCUT2D eigenvalue weighted by Gasteiger charge is 2.48. The Kier molecular flexibility index (Phi) is 6.45. The zero-order chi connectivity index (χ0) is 22.9. The Morgan fingerprint density at radius 3 is 2.59 bits per heavy atom. The van der Waals surface area contributed by atoms with E-state index in [2.05, 4.69) is 24.3 Å². The molecule has 2 N–H and O–H groups in total. The molecule has 4 rings (SSSR count). The maximum atomic E-state index is 12.2. The van der Waals surface area contributed by atoms with Crippen LogP contribution < -0.4 is 9.47 Å². The first-order valence-corrected chi connectivity index (χ1v) is 11.3. The average molecular weight is 440 g/mol. The van der Waals surface area contributed by atoms with E-state index in [0.717, 1.165) is 12.0 Å². The Bertz CT molecular complexity index is 946. The molecule has 2 aromatic rings. The van der Waals surface area contributed by atoms with Gasteiger partial charge in [0.15, 0.2) is 11.5 Å². The molecular weight excluding hydrogens is 406 g/mol. The van der Waals surface area contributed by atoms with Gasteiger partial charge in [-0.15, -0.1) is 0 Å². The van der Waals surface area contributed by atoms with Crippen LogP contribution in [0.5, 0.6) is 11.5 Å². The molecule has 1 saturated carbocycles. The number of hydrogen-bond acceptors (Lipinski definition) is 5. The first kappa shape index (κ1) is 22.6. The van der Waals surface area contributed by atoms with E-state index in [-0.39, 0.29) is 11.8 Å². The third-order valence-corrected chi connectivity index (χ3v) is 7.37. The number of rotatable bonds is 8. The molecule has 2 aromatic carbocycles. The number of methoxy groups -OCH3 is 1. The Morgan fingerprint density at radius 2 is 1.94 bits per heavy atom. The van der Waals surface area contributed by atoms with Crippen LogP contribution in [0.25, 0.3) is 0 Å². The fourth-order valence-corrected chi connectivity index (χ4v) is 4.97. The lowest BCUT2D eigenvalue weighted by atomic mass is 9.72. The minimum atomic E-state index is -0.617. The van der Waals surface area contributed by atoms with Crippen molar-refractivity contribution in [3.05, 3.63) is 59.7 Å². The van der Waals surface area contributed by atoms with Gasteiger partial charge in [-0.05, 0) is 42.5 Å². The fraction of sp³-hybridized carbons (Fsp3) is 0.500. The molecule has 5 atom stereocenters. The number of amides is 1. The smallest absolute Gasteiger partial charge is 0.248 e. The van der Waals surface area contributed by atoms with Gasteiger partial charge < -0.3 is 24.6 Å². The molecule has 1 aliphatic carbocycles. The summed E-state index contributed by atoms with van der Waals surface area (Å²) in [5, 5.41) is 19.9. The van der Waals surface area contributed by atoms with E-state index >= 15 is 0 Å². The van der Waals surface area contributed by atoms with E-state index in [1.165, 1.54) is 5.56 Å². The molecule has 6 heteroatoms. The number of likely N-dealkylation sites (tertiary alicyclic amines) is 1. The quantitative estimate of drug-likeness (QED) is 0.661. The first-order chi connectivity index (χ1) is 15.4. The van der Waals surface area contributed by atoms with Crippen molar-refractivity contribution in [1.82, 2.24) is 4.90 Å². The van der Waals surface area contributed by atoms with Crippen molar-refractivity contribution < 1.29 is 24.5 Å². The molecule has 1 unspecified atom stereocenters. The van der Waals surface area contributed by atoms with Gasteiger partial charge in [0.2, 0.25) is 5.91 Å². The molecule has 0 aromatic heterocycles. The predicted octanol–water partition coefficient (Wildman–Crippen LogP) is 3.18. The summed E-state index contributed by atoms with van der Waals surface area (Å²) in [5.41, 5.74) is 1.83. The molecular formula is C26H33NO5. The highest BCUT2D eigenvalue weighted by atomic mass is 16.5. The number of carbonyl (C=O) groups is 1. The summed E-state index contributed by atoms with van der Waals surface area (Å²) < 4.78 is 11.8. The van der Waals surface area contributed by atoms with Crippen molar-refractivity contribution >= 4 is 5.91 Å². The summed E-state index contributed by atoms with van der Waals surface area (Å²) in [6.07, 6.45) is 0.501. The van der Waals surface area contributed by atoms with Crippen molar-refractivity contribution in [3.63, 3.8) is 0 Å². The second kappa shape index (κ2) is 9.12. The van der Waals surface area contributed by atoms with Crippen molar-refractivity contribution in [2.24, 2.45) is 11.3 Å². The summed E-state index contributed by atoms with van der Waals surface area (Å²) in [4.78, 5) is 13.8. The third kappa shape index (κ3) is 4.34. The zero-order valence-corrected chi connectivity index (χ0v) is 19.0. The van der Waals surface area contributed by atoms with Crippen molar-refractivity contribution in [1.29, 1.82) is 0 Å². The van der Waals surface area contributed by atoms with Crippen LogP contribution in [-0.2, 0) is 4.79 Å². The topological polar surface area (TPSA) is 79.2 Å². The van der Waals surface area contributed by atoms with Crippen molar-refractivity contribution in [2.45, 2.75) is 38.2 Å². The maximum absolute atomic E-state index is 12.2. The minimum Gasteiger partial charge on any atom is -0.493 e. The number of hydrogen-bond donors (Lipinski definition) is 2. The average Bonchev–Trinajstić information content (AvgIpc) is 3.50. The Labute approximate surface area is 189 Å². The minimum absolute atomic E-state index is 0.0794. The molecule has 1 heterocycles. The van der Waals surface area contributed by atoms with Gasteiger partial charge >= 0.3 is 0 Å². The molecule has 2 fully saturated rings. The Balaban J connectivity index is 1.52. The third-order valence-electron chi connectivity index (χ3n) is 7.37. The van der Waals surface area contributed by atoms with Gasteiger partial charge in [0.25, 0.3) is 0 Å². The SMILES string of the molecule is COc1ccc([C@@H]2CN(C(=O)CO)C[C@@]2(C)[C@@H](C)O)cc1OC[C@@H]1CC1c1ccccc1. The second-order valence-electron chi connectivity index (χ2n) is 9.40. The monoisotopic (exact) mass is 439 g/mol. The standard InChI is InChI=1S/C26H33NO5/c1-17(29)26(2)16-27(25(30)14-28)13-22(26)19-9-10-23(31-3)24(12-19)32-15-20-11-21(20)18-7-5-4-6-8-18/h4-10,12,17,20-22,28-29H,11,13-16H2,1-3H3/t17-,20+,21?,22+,26+/m1/s1. The van der Waals surface area contributed by atoms with Gasteiger partial charge in [-0.2, -0.15) is 0 Å². The molecule has 172 valence electrons. The van der Waals surface area contributed by atoms with Crippen LogP contribution in [0, 0.1) is 11.3 Å². The Hall–Kier alpha value is -2.57. The van der Waals surface area contributed by atoms with E-state index in [0.29, 0.717) is 43.0 Å². The highest BCUT2D eigenvalue weighted by molar-refractivity contribution is 5.77. The van der Waals surface area contributed by atoms with Crippen LogP contribution in [0.3, 0.4) is 0 Å². The number of carbonyl (C=O) groups excluding carboxylic acids is 1. The lowest BCUT2D eigenvalue weighted by molar-refractivity contribution is -0.133. The van der Waals surface area contributed by atoms with Gasteiger partial charge in [-0.3, -0.25) is 4.79 Å². The molecule has 0 radical (unpaired) electrons. The summed E-state index contributed by atoms with van der Waals surface area (Å²) in [7, 11) is 1.63. The molecule has 0 bridgehead atoms. The lowest BCUT2D eigenvalue weighted by Crippen LogP contribution is -2.38. The number of ether oxygens (including phenoxy) is 2. The van der Waals surface area contributed by atoms with E-state index in [1.807, 2.05) is 31.2 Å². The van der Waals surface area contributed by atoms with Gasteiger partial charge in [0.1, 0.15) is 6.61 Å². The van der Waals surface area contributed by atoms with E-state index in [9.17, 15) is 15.0 Å². The summed E-state index contributed by atoms with van der Waals surface area (Å²) in [6.45, 7) is 4.70. The largest absolute Gasteiger partial charge is 0.493 e. The highest BCUT2D eigenvalue weighted by Crippen LogP contribution is 2.49.